The molecule has 0 spiro atoms. The number of aryl methyl sites for hydroxylation is 1. The van der Waals surface area contributed by atoms with E-state index >= 15 is 0 Å². The van der Waals surface area contributed by atoms with E-state index in [0.717, 1.165) is 31.9 Å². The standard InChI is InChI=1S/C19H23N3O5S/c1-13-7-8-15(28(2,25)26)11-16(13)19(24)27-12-18(23)21-17-9-10-20-22(17)14-5-3-4-6-14/h7-11,14H,3-6,12H2,1-2H3,(H,21,23). The second-order valence-electron chi connectivity index (χ2n) is 6.97. The van der Waals surface area contributed by atoms with Crippen molar-refractivity contribution in [2.75, 3.05) is 18.2 Å². The quantitative estimate of drug-likeness (QED) is 0.740. The van der Waals surface area contributed by atoms with Crippen LogP contribution in [0, 0.1) is 6.92 Å². The summed E-state index contributed by atoms with van der Waals surface area (Å²) in [7, 11) is -3.45. The van der Waals surface area contributed by atoms with Crippen molar-refractivity contribution in [2.45, 2.75) is 43.5 Å². The maximum Gasteiger partial charge on any atom is 0.338 e. The van der Waals surface area contributed by atoms with Gasteiger partial charge in [0.25, 0.3) is 5.91 Å². The molecule has 1 saturated carbocycles. The van der Waals surface area contributed by atoms with Gasteiger partial charge in [0.15, 0.2) is 16.4 Å². The lowest BCUT2D eigenvalue weighted by Gasteiger charge is -2.14. The van der Waals surface area contributed by atoms with E-state index in [-0.39, 0.29) is 16.5 Å². The molecule has 0 radical (unpaired) electrons. The molecule has 1 aliphatic carbocycles. The molecule has 9 heteroatoms. The van der Waals surface area contributed by atoms with Crippen LogP contribution in [-0.2, 0) is 19.4 Å². The second-order valence-corrected chi connectivity index (χ2v) is 8.99. The molecule has 1 amide bonds. The third-order valence-electron chi connectivity index (χ3n) is 4.80. The minimum Gasteiger partial charge on any atom is -0.452 e. The predicted octanol–water partition coefficient (Wildman–Crippen LogP) is 2.51. The Balaban J connectivity index is 1.62. The molecule has 1 heterocycles. The van der Waals surface area contributed by atoms with Crippen LogP contribution in [0.15, 0.2) is 35.4 Å². The first-order valence-corrected chi connectivity index (χ1v) is 11.0. The highest BCUT2D eigenvalue weighted by Gasteiger charge is 2.21. The van der Waals surface area contributed by atoms with Crippen molar-refractivity contribution < 1.29 is 22.7 Å². The fourth-order valence-corrected chi connectivity index (χ4v) is 3.94. The zero-order valence-electron chi connectivity index (χ0n) is 15.8. The van der Waals surface area contributed by atoms with Crippen molar-refractivity contribution >= 4 is 27.5 Å². The molecule has 0 atom stereocenters. The molecular weight excluding hydrogens is 382 g/mol. The number of amides is 1. The van der Waals surface area contributed by atoms with Crippen LogP contribution in [0.4, 0.5) is 5.82 Å². The van der Waals surface area contributed by atoms with E-state index in [1.54, 1.807) is 23.9 Å². The number of rotatable bonds is 6. The number of benzene rings is 1. The van der Waals surface area contributed by atoms with Gasteiger partial charge in [0.05, 0.1) is 22.7 Å². The number of aromatic nitrogens is 2. The maximum atomic E-state index is 12.3. The van der Waals surface area contributed by atoms with E-state index in [1.165, 1.54) is 18.2 Å². The van der Waals surface area contributed by atoms with E-state index in [1.807, 2.05) is 0 Å². The first-order chi connectivity index (χ1) is 13.3. The zero-order valence-corrected chi connectivity index (χ0v) is 16.7. The summed E-state index contributed by atoms with van der Waals surface area (Å²) in [6, 6.07) is 6.21. The Labute approximate surface area is 163 Å². The lowest BCUT2D eigenvalue weighted by atomic mass is 10.1. The molecule has 1 aromatic carbocycles. The lowest BCUT2D eigenvalue weighted by Crippen LogP contribution is -2.23. The van der Waals surface area contributed by atoms with E-state index in [9.17, 15) is 18.0 Å². The summed E-state index contributed by atoms with van der Waals surface area (Å²) >= 11 is 0. The highest BCUT2D eigenvalue weighted by molar-refractivity contribution is 7.90. The molecule has 2 aromatic rings. The van der Waals surface area contributed by atoms with E-state index in [2.05, 4.69) is 10.4 Å². The molecule has 0 saturated heterocycles. The van der Waals surface area contributed by atoms with Gasteiger partial charge in [0.2, 0.25) is 0 Å². The smallest absolute Gasteiger partial charge is 0.338 e. The van der Waals surface area contributed by atoms with Crippen LogP contribution in [0.3, 0.4) is 0 Å². The van der Waals surface area contributed by atoms with Gasteiger partial charge in [-0.3, -0.25) is 4.79 Å². The molecule has 0 bridgehead atoms. The summed E-state index contributed by atoms with van der Waals surface area (Å²) < 4.78 is 30.2. The number of hydrogen-bond acceptors (Lipinski definition) is 6. The summed E-state index contributed by atoms with van der Waals surface area (Å²) in [5, 5.41) is 6.99. The van der Waals surface area contributed by atoms with Gasteiger partial charge < -0.3 is 10.1 Å². The Hall–Kier alpha value is -2.68. The average molecular weight is 405 g/mol. The second kappa shape index (κ2) is 8.14. The molecule has 0 unspecified atom stereocenters. The Kier molecular flexibility index (Phi) is 5.83. The van der Waals surface area contributed by atoms with Crippen LogP contribution < -0.4 is 5.32 Å². The topological polar surface area (TPSA) is 107 Å². The summed E-state index contributed by atoms with van der Waals surface area (Å²) in [6.07, 6.45) is 7.02. The van der Waals surface area contributed by atoms with E-state index in [4.69, 9.17) is 4.74 Å². The van der Waals surface area contributed by atoms with Crippen molar-refractivity contribution in [3.05, 3.63) is 41.6 Å². The minimum absolute atomic E-state index is 0.0231. The Morgan fingerprint density at radius 3 is 2.64 bits per heavy atom. The van der Waals surface area contributed by atoms with Gasteiger partial charge in [0.1, 0.15) is 5.82 Å². The molecule has 1 fully saturated rings. The normalized spacial score (nSPS) is 14.8. The zero-order chi connectivity index (χ0) is 20.3. The lowest BCUT2D eigenvalue weighted by molar-refractivity contribution is -0.119. The van der Waals surface area contributed by atoms with Gasteiger partial charge in [-0.25, -0.2) is 17.9 Å². The highest BCUT2D eigenvalue weighted by Crippen LogP contribution is 2.31. The first kappa shape index (κ1) is 20.1. The monoisotopic (exact) mass is 405 g/mol. The molecule has 28 heavy (non-hydrogen) atoms. The van der Waals surface area contributed by atoms with Gasteiger partial charge >= 0.3 is 5.97 Å². The van der Waals surface area contributed by atoms with Crippen molar-refractivity contribution in [1.82, 2.24) is 9.78 Å². The SMILES string of the molecule is Cc1ccc(S(C)(=O)=O)cc1C(=O)OCC(=O)Nc1ccnn1C1CCCC1. The molecule has 1 N–H and O–H groups in total. The number of nitrogens with one attached hydrogen (secondary N) is 1. The molecule has 1 aromatic heterocycles. The number of esters is 1. The Bertz CT molecular complexity index is 991. The van der Waals surface area contributed by atoms with E-state index < -0.39 is 28.3 Å². The summed E-state index contributed by atoms with van der Waals surface area (Å²) in [5.41, 5.74) is 0.684. The molecule has 3 rings (SSSR count). The fourth-order valence-electron chi connectivity index (χ4n) is 3.29. The van der Waals surface area contributed by atoms with Crippen LogP contribution in [0.25, 0.3) is 0 Å². The van der Waals surface area contributed by atoms with Gasteiger partial charge in [-0.1, -0.05) is 18.9 Å². The Morgan fingerprint density at radius 2 is 1.96 bits per heavy atom. The van der Waals surface area contributed by atoms with Crippen LogP contribution in [-0.4, -0.2) is 42.9 Å². The number of carbonyl (C=O) groups is 2. The van der Waals surface area contributed by atoms with Gasteiger partial charge in [-0.05, 0) is 37.5 Å². The number of anilines is 1. The van der Waals surface area contributed by atoms with Crippen LogP contribution in [0.2, 0.25) is 0 Å². The van der Waals surface area contributed by atoms with Crippen molar-refractivity contribution in [1.29, 1.82) is 0 Å². The summed E-state index contributed by atoms with van der Waals surface area (Å²) in [4.78, 5) is 24.5. The van der Waals surface area contributed by atoms with Gasteiger partial charge in [-0.2, -0.15) is 5.10 Å². The van der Waals surface area contributed by atoms with E-state index in [0.29, 0.717) is 11.4 Å². The number of nitrogens with zero attached hydrogens (tertiary/aromatic N) is 2. The maximum absolute atomic E-state index is 12.3. The largest absolute Gasteiger partial charge is 0.452 e. The van der Waals surface area contributed by atoms with Crippen molar-refractivity contribution in [3.8, 4) is 0 Å². The van der Waals surface area contributed by atoms with Crippen LogP contribution >= 0.6 is 0 Å². The number of hydrogen-bond donors (Lipinski definition) is 1. The summed E-state index contributed by atoms with van der Waals surface area (Å²) in [6.45, 7) is 1.19. The molecule has 1 aliphatic rings. The fraction of sp³-hybridized carbons (Fsp3) is 0.421. The third kappa shape index (κ3) is 4.59. The minimum atomic E-state index is -3.45. The van der Waals surface area contributed by atoms with Crippen molar-refractivity contribution in [2.24, 2.45) is 0 Å². The Morgan fingerprint density at radius 1 is 1.25 bits per heavy atom. The summed E-state index contributed by atoms with van der Waals surface area (Å²) in [5.74, 6) is -0.657. The van der Waals surface area contributed by atoms with Crippen molar-refractivity contribution in [3.63, 3.8) is 0 Å². The molecule has 0 aliphatic heterocycles. The third-order valence-corrected chi connectivity index (χ3v) is 5.91. The first-order valence-electron chi connectivity index (χ1n) is 9.07. The number of ether oxygens (including phenoxy) is 1. The van der Waals surface area contributed by atoms with Gasteiger partial charge in [0, 0.05) is 12.3 Å². The number of sulfone groups is 1. The van der Waals surface area contributed by atoms with Crippen LogP contribution in [0.1, 0.15) is 47.6 Å². The highest BCUT2D eigenvalue weighted by atomic mass is 32.2. The molecule has 8 nitrogen and oxygen atoms in total. The predicted molar refractivity (Wildman–Crippen MR) is 103 cm³/mol. The average Bonchev–Trinajstić information content (AvgIpc) is 3.30. The van der Waals surface area contributed by atoms with Gasteiger partial charge in [-0.15, -0.1) is 0 Å². The molecule has 150 valence electrons. The molecular formula is C19H23N3O5S. The van der Waals surface area contributed by atoms with Crippen LogP contribution in [0.5, 0.6) is 0 Å². The number of carbonyl (C=O) groups excluding carboxylic acids is 2.